The number of aromatic amines is 1. The molecule has 1 aromatic carbocycles. The van der Waals surface area contributed by atoms with E-state index in [0.29, 0.717) is 5.92 Å². The first-order valence-electron chi connectivity index (χ1n) is 8.61. The Morgan fingerprint density at radius 3 is 2.95 bits per heavy atom. The second-order valence-corrected chi connectivity index (χ2v) is 7.10. The SMILES string of the molecule is O=C(C[C@@H]1C[C@H]2CC[C@H]1C2)NCCc1c[nH]c2ccccc12. The summed E-state index contributed by atoms with van der Waals surface area (Å²) in [6.07, 6.45) is 9.14. The Morgan fingerprint density at radius 1 is 1.23 bits per heavy atom. The number of hydrogen-bond donors (Lipinski definition) is 2. The van der Waals surface area contributed by atoms with Gasteiger partial charge in [-0.15, -0.1) is 0 Å². The van der Waals surface area contributed by atoms with E-state index in [4.69, 9.17) is 0 Å². The Hall–Kier alpha value is -1.77. The zero-order valence-electron chi connectivity index (χ0n) is 13.0. The third-order valence-electron chi connectivity index (χ3n) is 5.72. The molecular weight excluding hydrogens is 272 g/mol. The lowest BCUT2D eigenvalue weighted by molar-refractivity contribution is -0.122. The van der Waals surface area contributed by atoms with Gasteiger partial charge < -0.3 is 10.3 Å². The number of carbonyl (C=O) groups excluding carboxylic acids is 1. The molecule has 3 atom stereocenters. The molecule has 116 valence electrons. The van der Waals surface area contributed by atoms with Crippen molar-refractivity contribution in [3.63, 3.8) is 0 Å². The molecule has 0 saturated heterocycles. The topological polar surface area (TPSA) is 44.9 Å². The van der Waals surface area contributed by atoms with Crippen LogP contribution in [0.3, 0.4) is 0 Å². The first-order valence-corrected chi connectivity index (χ1v) is 8.61. The van der Waals surface area contributed by atoms with Crippen LogP contribution in [0.5, 0.6) is 0 Å². The molecule has 1 heterocycles. The van der Waals surface area contributed by atoms with Crippen molar-refractivity contribution in [2.24, 2.45) is 17.8 Å². The number of nitrogens with one attached hydrogen (secondary N) is 2. The minimum Gasteiger partial charge on any atom is -0.361 e. The lowest BCUT2D eigenvalue weighted by atomic mass is 9.86. The summed E-state index contributed by atoms with van der Waals surface area (Å²) in [4.78, 5) is 15.4. The van der Waals surface area contributed by atoms with E-state index in [-0.39, 0.29) is 5.91 Å². The van der Waals surface area contributed by atoms with Crippen LogP contribution in [-0.2, 0) is 11.2 Å². The van der Waals surface area contributed by atoms with Crippen LogP contribution in [0, 0.1) is 17.8 Å². The maximum absolute atomic E-state index is 12.1. The highest BCUT2D eigenvalue weighted by Gasteiger charge is 2.39. The molecule has 2 N–H and O–H groups in total. The normalized spacial score (nSPS) is 26.6. The highest BCUT2D eigenvalue weighted by atomic mass is 16.1. The number of hydrogen-bond acceptors (Lipinski definition) is 1. The van der Waals surface area contributed by atoms with E-state index in [0.717, 1.165) is 31.2 Å². The third kappa shape index (κ3) is 2.65. The molecule has 0 radical (unpaired) electrons. The van der Waals surface area contributed by atoms with Crippen molar-refractivity contribution in [3.05, 3.63) is 36.0 Å². The number of benzene rings is 1. The molecule has 2 bridgehead atoms. The number of fused-ring (bicyclic) bond motifs is 3. The van der Waals surface area contributed by atoms with Gasteiger partial charge in [0.2, 0.25) is 5.91 Å². The number of carbonyl (C=O) groups is 1. The minimum absolute atomic E-state index is 0.248. The minimum atomic E-state index is 0.248. The first-order chi connectivity index (χ1) is 10.8. The van der Waals surface area contributed by atoms with Gasteiger partial charge >= 0.3 is 0 Å². The van der Waals surface area contributed by atoms with Crippen molar-refractivity contribution in [1.82, 2.24) is 10.3 Å². The standard InChI is InChI=1S/C19H24N2O/c22-19(11-16-10-13-5-6-14(16)9-13)20-8-7-15-12-21-18-4-2-1-3-17(15)18/h1-4,12-14,16,21H,5-11H2,(H,20,22)/t13-,14-,16-/m0/s1. The number of H-pyrrole nitrogens is 1. The van der Waals surface area contributed by atoms with Gasteiger partial charge in [-0.3, -0.25) is 4.79 Å². The number of amides is 1. The molecule has 1 amide bonds. The van der Waals surface area contributed by atoms with E-state index in [1.165, 1.54) is 42.1 Å². The van der Waals surface area contributed by atoms with Crippen molar-refractivity contribution in [2.45, 2.75) is 38.5 Å². The van der Waals surface area contributed by atoms with Gasteiger partial charge in [0, 0.05) is 30.1 Å². The van der Waals surface area contributed by atoms with Crippen LogP contribution in [0.1, 0.15) is 37.7 Å². The van der Waals surface area contributed by atoms with Crippen LogP contribution in [0.2, 0.25) is 0 Å². The molecule has 0 unspecified atom stereocenters. The molecule has 2 aromatic rings. The molecule has 3 heteroatoms. The summed E-state index contributed by atoms with van der Waals surface area (Å²) in [5.74, 6) is 2.67. The summed E-state index contributed by atoms with van der Waals surface area (Å²) < 4.78 is 0. The molecule has 2 aliphatic carbocycles. The zero-order valence-corrected chi connectivity index (χ0v) is 13.0. The molecule has 3 nitrogen and oxygen atoms in total. The van der Waals surface area contributed by atoms with E-state index in [1.54, 1.807) is 0 Å². The molecule has 2 fully saturated rings. The molecule has 4 rings (SSSR count). The van der Waals surface area contributed by atoms with Crippen molar-refractivity contribution < 1.29 is 4.79 Å². The average molecular weight is 296 g/mol. The monoisotopic (exact) mass is 296 g/mol. The lowest BCUT2D eigenvalue weighted by Gasteiger charge is -2.20. The second-order valence-electron chi connectivity index (χ2n) is 7.10. The van der Waals surface area contributed by atoms with E-state index in [1.807, 2.05) is 6.07 Å². The van der Waals surface area contributed by atoms with Gasteiger partial charge in [-0.25, -0.2) is 0 Å². The lowest BCUT2D eigenvalue weighted by Crippen LogP contribution is -2.28. The highest BCUT2D eigenvalue weighted by Crippen LogP contribution is 2.49. The van der Waals surface area contributed by atoms with Crippen molar-refractivity contribution >= 4 is 16.8 Å². The van der Waals surface area contributed by atoms with Crippen LogP contribution in [-0.4, -0.2) is 17.4 Å². The van der Waals surface area contributed by atoms with Crippen molar-refractivity contribution in [3.8, 4) is 0 Å². The van der Waals surface area contributed by atoms with Crippen LogP contribution >= 0.6 is 0 Å². The Kier molecular flexibility index (Phi) is 3.65. The molecular formula is C19H24N2O. The number of aromatic nitrogens is 1. The van der Waals surface area contributed by atoms with Gasteiger partial charge in [0.25, 0.3) is 0 Å². The summed E-state index contributed by atoms with van der Waals surface area (Å²) in [7, 11) is 0. The molecule has 1 aromatic heterocycles. The van der Waals surface area contributed by atoms with E-state index in [2.05, 4.69) is 34.7 Å². The molecule has 0 spiro atoms. The molecule has 2 saturated carbocycles. The fraction of sp³-hybridized carbons (Fsp3) is 0.526. The van der Waals surface area contributed by atoms with Gasteiger partial charge in [-0.05, 0) is 55.1 Å². The number of para-hydroxylation sites is 1. The summed E-state index contributed by atoms with van der Waals surface area (Å²) in [5, 5.41) is 4.39. The average Bonchev–Trinajstić information content (AvgIpc) is 3.23. The Labute approximate surface area is 131 Å². The van der Waals surface area contributed by atoms with Crippen molar-refractivity contribution in [1.29, 1.82) is 0 Å². The van der Waals surface area contributed by atoms with E-state index >= 15 is 0 Å². The van der Waals surface area contributed by atoms with Gasteiger partial charge in [-0.2, -0.15) is 0 Å². The number of rotatable bonds is 5. The summed E-state index contributed by atoms with van der Waals surface area (Å²) in [6.45, 7) is 0.738. The van der Waals surface area contributed by atoms with E-state index < -0.39 is 0 Å². The van der Waals surface area contributed by atoms with Gasteiger partial charge in [0.15, 0.2) is 0 Å². The molecule has 2 aliphatic rings. The fourth-order valence-electron chi connectivity index (χ4n) is 4.61. The predicted octanol–water partition coefficient (Wildman–Crippen LogP) is 3.65. The van der Waals surface area contributed by atoms with Crippen LogP contribution in [0.4, 0.5) is 0 Å². The Morgan fingerprint density at radius 2 is 2.14 bits per heavy atom. The maximum Gasteiger partial charge on any atom is 0.220 e. The van der Waals surface area contributed by atoms with Crippen LogP contribution in [0.15, 0.2) is 30.5 Å². The van der Waals surface area contributed by atoms with Gasteiger partial charge in [-0.1, -0.05) is 24.6 Å². The highest BCUT2D eigenvalue weighted by molar-refractivity contribution is 5.83. The van der Waals surface area contributed by atoms with Crippen LogP contribution < -0.4 is 5.32 Å². The van der Waals surface area contributed by atoms with Gasteiger partial charge in [0.1, 0.15) is 0 Å². The quantitative estimate of drug-likeness (QED) is 0.869. The maximum atomic E-state index is 12.1. The summed E-state index contributed by atoms with van der Waals surface area (Å²) >= 11 is 0. The predicted molar refractivity (Wildman–Crippen MR) is 88.6 cm³/mol. The Bertz CT molecular complexity index is 675. The smallest absolute Gasteiger partial charge is 0.220 e. The zero-order chi connectivity index (χ0) is 14.9. The molecule has 0 aliphatic heterocycles. The van der Waals surface area contributed by atoms with Crippen molar-refractivity contribution in [2.75, 3.05) is 6.54 Å². The Balaban J connectivity index is 1.27. The summed E-state index contributed by atoms with van der Waals surface area (Å²) in [5.41, 5.74) is 2.46. The van der Waals surface area contributed by atoms with Gasteiger partial charge in [0.05, 0.1) is 0 Å². The van der Waals surface area contributed by atoms with Crippen LogP contribution in [0.25, 0.3) is 10.9 Å². The first kappa shape index (κ1) is 13.9. The summed E-state index contributed by atoms with van der Waals surface area (Å²) in [6, 6.07) is 8.33. The largest absolute Gasteiger partial charge is 0.361 e. The fourth-order valence-corrected chi connectivity index (χ4v) is 4.61. The van der Waals surface area contributed by atoms with E-state index in [9.17, 15) is 4.79 Å². The molecule has 22 heavy (non-hydrogen) atoms. The second kappa shape index (κ2) is 5.79. The third-order valence-corrected chi connectivity index (χ3v) is 5.72.